The monoisotopic (exact) mass is 697 g/mol. The van der Waals surface area contributed by atoms with Gasteiger partial charge in [0.05, 0.1) is 24.3 Å². The van der Waals surface area contributed by atoms with Crippen LogP contribution in [0.25, 0.3) is 11.3 Å². The molecular formula is C40H52FN7O3. The van der Waals surface area contributed by atoms with Gasteiger partial charge in [-0.25, -0.2) is 9.37 Å². The molecule has 10 nitrogen and oxygen atoms in total. The zero-order valence-corrected chi connectivity index (χ0v) is 30.3. The first kappa shape index (κ1) is 40.4. The second-order valence-corrected chi connectivity index (χ2v) is 12.5. The molecule has 5 rings (SSSR count). The van der Waals surface area contributed by atoms with E-state index in [1.807, 2.05) is 37.4 Å². The number of oxazole rings is 1. The standard InChI is InChI=1S/C29H34FN5O2.C7H8N2O.C4H10/c1-20(27-6-4-3-5-21(27)17-33-28(37)19-36)34-29(9-10-29)24-13-22(14-25(30)15-24)23(16-31)18-32-26-7-11-35(2)12-8-26;1-8-4-2-3-7-9-5-6-10-7;1-3-4-2/h3-6,13-16,18-19,26,34H,1,7-12,17,31H2,2H3,(H,33,37);5-6,8H,4H2,1H3;3-4H2,1-2H3/b23-16+,32-18?;;. The fourth-order valence-corrected chi connectivity index (χ4v) is 5.23. The maximum atomic E-state index is 14.8. The Morgan fingerprint density at radius 1 is 1.20 bits per heavy atom. The van der Waals surface area contributed by atoms with Crippen LogP contribution in [0.1, 0.15) is 80.5 Å². The minimum Gasteiger partial charge on any atom is -0.439 e. The molecule has 0 atom stereocenters. The van der Waals surface area contributed by atoms with Crippen molar-refractivity contribution in [2.75, 3.05) is 33.7 Å². The Hall–Kier alpha value is -5.05. The lowest BCUT2D eigenvalue weighted by molar-refractivity contribution is -0.131. The number of rotatable bonds is 12. The van der Waals surface area contributed by atoms with E-state index in [0.29, 0.717) is 29.3 Å². The molecule has 1 amide bonds. The molecule has 51 heavy (non-hydrogen) atoms. The van der Waals surface area contributed by atoms with Gasteiger partial charge < -0.3 is 31.0 Å². The van der Waals surface area contributed by atoms with Gasteiger partial charge in [0.15, 0.2) is 0 Å². The summed E-state index contributed by atoms with van der Waals surface area (Å²) in [6.45, 7) is 11.5. The molecule has 1 aliphatic carbocycles. The lowest BCUT2D eigenvalue weighted by atomic mass is 9.97. The van der Waals surface area contributed by atoms with Gasteiger partial charge in [0.25, 0.3) is 11.8 Å². The van der Waals surface area contributed by atoms with Gasteiger partial charge in [-0.3, -0.25) is 14.6 Å². The number of benzene rings is 2. The Balaban J connectivity index is 0.000000419. The molecule has 1 aliphatic heterocycles. The van der Waals surface area contributed by atoms with Crippen molar-refractivity contribution in [2.24, 2.45) is 10.7 Å². The number of hydrogen-bond acceptors (Lipinski definition) is 9. The number of aliphatic imine (C=N–C) groups is 1. The van der Waals surface area contributed by atoms with E-state index in [2.05, 4.69) is 65.1 Å². The van der Waals surface area contributed by atoms with Crippen LogP contribution in [-0.4, -0.2) is 68.1 Å². The number of nitrogens with two attached hydrogens (primary N) is 1. The molecule has 2 fully saturated rings. The number of hydrogen-bond donors (Lipinski definition) is 4. The topological polar surface area (TPSA) is 138 Å². The van der Waals surface area contributed by atoms with E-state index in [-0.39, 0.29) is 24.7 Å². The number of carbonyl (C=O) groups excluding carboxylic acids is 2. The Labute approximate surface area is 301 Å². The van der Waals surface area contributed by atoms with Gasteiger partial charge >= 0.3 is 0 Å². The molecule has 5 N–H and O–H groups in total. The number of halogens is 1. The maximum Gasteiger partial charge on any atom is 0.284 e. The predicted molar refractivity (Wildman–Crippen MR) is 203 cm³/mol. The molecule has 11 heteroatoms. The third kappa shape index (κ3) is 13.3. The van der Waals surface area contributed by atoms with Crippen molar-refractivity contribution < 1.29 is 18.4 Å². The van der Waals surface area contributed by atoms with Gasteiger partial charge in [0.1, 0.15) is 12.1 Å². The number of nitrogens with zero attached hydrogens (tertiary/aromatic N) is 3. The molecule has 0 radical (unpaired) electrons. The SMILES string of the molecule is C=C(NC1(c2cc(F)cc(/C(C=NC3CCN(C)CC3)=C/N)c2)CC1)c1ccccc1CNC(=O)C=O.CCCC.CNCC#Cc1ncco1. The summed E-state index contributed by atoms with van der Waals surface area (Å²) in [5.74, 6) is 5.01. The molecule has 0 unspecified atom stereocenters. The predicted octanol–water partition coefficient (Wildman–Crippen LogP) is 5.41. The van der Waals surface area contributed by atoms with Crippen LogP contribution in [-0.2, 0) is 21.7 Å². The van der Waals surface area contributed by atoms with Crippen LogP contribution in [0.3, 0.4) is 0 Å². The summed E-state index contributed by atoms with van der Waals surface area (Å²) in [5, 5.41) is 8.96. The van der Waals surface area contributed by atoms with Gasteiger partial charge in [0.2, 0.25) is 6.29 Å². The third-order valence-electron chi connectivity index (χ3n) is 8.51. The smallest absolute Gasteiger partial charge is 0.284 e. The van der Waals surface area contributed by atoms with Gasteiger partial charge in [-0.1, -0.05) is 63.5 Å². The molecule has 272 valence electrons. The molecule has 0 bridgehead atoms. The van der Waals surface area contributed by atoms with Crippen LogP contribution < -0.4 is 21.7 Å². The Morgan fingerprint density at radius 3 is 2.53 bits per heavy atom. The second-order valence-electron chi connectivity index (χ2n) is 12.5. The summed E-state index contributed by atoms with van der Waals surface area (Å²) in [5.41, 5.74) is 9.99. The molecule has 0 spiro atoms. The quantitative estimate of drug-likeness (QED) is 0.0854. The first-order chi connectivity index (χ1) is 24.7. The highest BCUT2D eigenvalue weighted by atomic mass is 19.1. The van der Waals surface area contributed by atoms with E-state index in [0.717, 1.165) is 55.5 Å². The Morgan fingerprint density at radius 2 is 1.92 bits per heavy atom. The minimum absolute atomic E-state index is 0.201. The number of nitrogens with one attached hydrogen (secondary N) is 3. The van der Waals surface area contributed by atoms with Crippen molar-refractivity contribution in [3.8, 4) is 11.8 Å². The first-order valence-electron chi connectivity index (χ1n) is 17.4. The van der Waals surface area contributed by atoms with Crippen molar-refractivity contribution in [1.29, 1.82) is 0 Å². The van der Waals surface area contributed by atoms with Gasteiger partial charge in [-0.2, -0.15) is 0 Å². The number of amides is 1. The van der Waals surface area contributed by atoms with Crippen LogP contribution in [0.4, 0.5) is 4.39 Å². The highest BCUT2D eigenvalue weighted by molar-refractivity contribution is 6.23. The number of carbonyl (C=O) groups is 2. The molecular weight excluding hydrogens is 645 g/mol. The number of allylic oxidation sites excluding steroid dienone is 1. The molecule has 2 aliphatic rings. The second kappa shape index (κ2) is 21.2. The average molecular weight is 698 g/mol. The van der Waals surface area contributed by atoms with Crippen LogP contribution >= 0.6 is 0 Å². The summed E-state index contributed by atoms with van der Waals surface area (Å²) < 4.78 is 19.7. The van der Waals surface area contributed by atoms with Crippen LogP contribution in [0.15, 0.2) is 77.1 Å². The number of aldehydes is 1. The zero-order valence-electron chi connectivity index (χ0n) is 30.3. The number of piperidine rings is 1. The van der Waals surface area contributed by atoms with Crippen LogP contribution in [0.5, 0.6) is 0 Å². The molecule has 3 aromatic rings. The van der Waals surface area contributed by atoms with Crippen LogP contribution in [0.2, 0.25) is 0 Å². The van der Waals surface area contributed by atoms with E-state index in [4.69, 9.17) is 15.1 Å². The summed E-state index contributed by atoms with van der Waals surface area (Å²) >= 11 is 0. The van der Waals surface area contributed by atoms with E-state index in [9.17, 15) is 14.0 Å². The van der Waals surface area contributed by atoms with E-state index in [1.54, 1.807) is 18.5 Å². The molecule has 2 aromatic carbocycles. The summed E-state index contributed by atoms with van der Waals surface area (Å²) in [7, 11) is 3.95. The fraction of sp³-hybridized carbons (Fsp3) is 0.400. The van der Waals surface area contributed by atoms with E-state index < -0.39 is 11.4 Å². The van der Waals surface area contributed by atoms with E-state index in [1.165, 1.54) is 31.4 Å². The van der Waals surface area contributed by atoms with Crippen molar-refractivity contribution in [3.63, 3.8) is 0 Å². The van der Waals surface area contributed by atoms with Crippen LogP contribution in [0, 0.1) is 17.7 Å². The highest BCUT2D eigenvalue weighted by Crippen LogP contribution is 2.47. The maximum absolute atomic E-state index is 14.8. The van der Waals surface area contributed by atoms with Crippen molar-refractivity contribution in [3.05, 3.63) is 102 Å². The molecule has 2 heterocycles. The lowest BCUT2D eigenvalue weighted by Gasteiger charge is -2.26. The number of likely N-dealkylation sites (tertiary alicyclic amines) is 1. The lowest BCUT2D eigenvalue weighted by Crippen LogP contribution is -2.32. The number of aromatic nitrogens is 1. The number of unbranched alkanes of at least 4 members (excludes halogenated alkanes) is 1. The normalized spacial score (nSPS) is 15.3. The summed E-state index contributed by atoms with van der Waals surface area (Å²) in [4.78, 5) is 32.9. The van der Waals surface area contributed by atoms with Crippen molar-refractivity contribution in [1.82, 2.24) is 25.8 Å². The Bertz CT molecular complexity index is 1680. The summed E-state index contributed by atoms with van der Waals surface area (Å²) in [6, 6.07) is 12.8. The van der Waals surface area contributed by atoms with E-state index >= 15 is 0 Å². The molecule has 1 saturated heterocycles. The molecule has 1 saturated carbocycles. The van der Waals surface area contributed by atoms with Crippen molar-refractivity contribution >= 4 is 29.7 Å². The summed E-state index contributed by atoms with van der Waals surface area (Å²) in [6.07, 6.45) is 12.8. The molecule has 1 aromatic heterocycles. The minimum atomic E-state index is -0.678. The van der Waals surface area contributed by atoms with Gasteiger partial charge in [-0.15, -0.1) is 0 Å². The third-order valence-corrected chi connectivity index (χ3v) is 8.51. The van der Waals surface area contributed by atoms with Gasteiger partial charge in [-0.05, 0) is 93.7 Å². The fourth-order valence-electron chi connectivity index (χ4n) is 5.23. The highest BCUT2D eigenvalue weighted by Gasteiger charge is 2.45. The van der Waals surface area contributed by atoms with Crippen molar-refractivity contribution in [2.45, 2.75) is 70.5 Å². The largest absolute Gasteiger partial charge is 0.439 e. The van der Waals surface area contributed by atoms with Gasteiger partial charge in [0, 0.05) is 35.8 Å². The Kier molecular flexibility index (Phi) is 16.8. The first-order valence-corrected chi connectivity index (χ1v) is 17.4. The average Bonchev–Trinajstić information content (AvgIpc) is 3.74. The zero-order chi connectivity index (χ0) is 37.1.